The number of nitrogens with one attached hydrogen (secondary N) is 1. The summed E-state index contributed by atoms with van der Waals surface area (Å²) in [5.74, 6) is -6.83. The van der Waals surface area contributed by atoms with Crippen LogP contribution in [0.15, 0.2) is 46.4 Å². The normalized spacial score (nSPS) is 28.0. The fourth-order valence-electron chi connectivity index (χ4n) is 5.39. The molecule has 4 aromatic rings. The first kappa shape index (κ1) is 28.2. The van der Waals surface area contributed by atoms with E-state index in [9.17, 15) is 33.3 Å². The van der Waals surface area contributed by atoms with Crippen LogP contribution in [0.2, 0.25) is 0 Å². The number of rotatable bonds is 5. The van der Waals surface area contributed by atoms with E-state index in [1.54, 1.807) is 5.38 Å². The lowest BCUT2D eigenvalue weighted by Gasteiger charge is -2.49. The summed E-state index contributed by atoms with van der Waals surface area (Å²) in [4.78, 5) is 13.4. The number of fused-ring (bicyclic) bond motifs is 1. The van der Waals surface area contributed by atoms with Gasteiger partial charge < -0.3 is 30.1 Å². The molecule has 2 aromatic carbocycles. The lowest BCUT2D eigenvalue weighted by Crippen LogP contribution is -2.69. The number of carbonyl (C=O) groups is 1. The summed E-state index contributed by atoms with van der Waals surface area (Å²) in [6.07, 6.45) is -3.02. The first-order valence-electron chi connectivity index (χ1n) is 12.5. The van der Waals surface area contributed by atoms with E-state index in [-0.39, 0.29) is 24.3 Å². The first-order valence-corrected chi connectivity index (χ1v) is 14.1. The quantitative estimate of drug-likeness (QED) is 0.241. The van der Waals surface area contributed by atoms with Crippen molar-refractivity contribution in [3.63, 3.8) is 0 Å². The summed E-state index contributed by atoms with van der Waals surface area (Å²) in [5, 5.41) is 45.7. The average Bonchev–Trinajstić information content (AvgIpc) is 3.69. The molecule has 4 N–H and O–H groups in total. The molecule has 0 unspecified atom stereocenters. The largest absolute Gasteiger partial charge is 0.394 e. The van der Waals surface area contributed by atoms with Crippen molar-refractivity contribution in [1.82, 2.24) is 20.3 Å². The highest BCUT2D eigenvalue weighted by Gasteiger charge is 2.62. The van der Waals surface area contributed by atoms with Crippen molar-refractivity contribution >= 4 is 43.3 Å². The van der Waals surface area contributed by atoms with Gasteiger partial charge in [-0.2, -0.15) is 0 Å². The maximum absolute atomic E-state index is 13.8. The molecule has 2 aliphatic heterocycles. The fourth-order valence-corrected chi connectivity index (χ4v) is 7.07. The minimum Gasteiger partial charge on any atom is -0.394 e. The molecule has 0 bridgehead atoms. The highest BCUT2D eigenvalue weighted by Crippen LogP contribution is 2.43. The lowest BCUT2D eigenvalue weighted by molar-refractivity contribution is -0.344. The van der Waals surface area contributed by atoms with Crippen LogP contribution in [-0.2, 0) is 9.47 Å². The number of benzene rings is 2. The minimum atomic E-state index is -1.89. The molecule has 0 saturated carbocycles. The zero-order chi connectivity index (χ0) is 29.1. The molecule has 0 radical (unpaired) electrons. The van der Waals surface area contributed by atoms with Crippen LogP contribution < -0.4 is 5.32 Å². The zero-order valence-corrected chi connectivity index (χ0v) is 23.3. The number of carbonyl (C=O) groups excluding carboxylic acids is 1. The van der Waals surface area contributed by atoms with Crippen LogP contribution in [0.5, 0.6) is 0 Å². The molecule has 216 valence electrons. The molecule has 2 fully saturated rings. The first-order chi connectivity index (χ1) is 19.6. The number of ether oxygens (including phenoxy) is 2. The summed E-state index contributed by atoms with van der Waals surface area (Å²) in [6.45, 7) is -0.595. The SMILES string of the molecule is O=C(N[C@@H]1CCO[C@]12O[C@H](CO)[C@H](O)[C@H](n1cc(-c3cc(F)c(F)c(F)c3)nn1)[C@H]2O)c1csc2cccc(Br)c12. The van der Waals surface area contributed by atoms with E-state index in [1.165, 1.54) is 17.5 Å². The van der Waals surface area contributed by atoms with Gasteiger partial charge in [0.1, 0.15) is 30.0 Å². The number of nitrogens with zero attached hydrogens (tertiary/aromatic N) is 3. The molecular formula is C26H22BrF3N4O6S. The van der Waals surface area contributed by atoms with E-state index < -0.39 is 66.1 Å². The molecule has 41 heavy (non-hydrogen) atoms. The second kappa shape index (κ2) is 10.7. The predicted octanol–water partition coefficient (Wildman–Crippen LogP) is 2.91. The number of aromatic nitrogens is 3. The second-order valence-electron chi connectivity index (χ2n) is 9.75. The smallest absolute Gasteiger partial charge is 0.253 e. The summed E-state index contributed by atoms with van der Waals surface area (Å²) < 4.78 is 55.6. The number of aliphatic hydroxyl groups is 3. The molecule has 15 heteroatoms. The van der Waals surface area contributed by atoms with Gasteiger partial charge in [-0.15, -0.1) is 16.4 Å². The van der Waals surface area contributed by atoms with E-state index in [1.807, 2.05) is 18.2 Å². The third-order valence-electron chi connectivity index (χ3n) is 7.40. The molecule has 1 spiro atoms. The number of halogens is 4. The van der Waals surface area contributed by atoms with Gasteiger partial charge in [0.25, 0.3) is 5.91 Å². The van der Waals surface area contributed by atoms with Crippen LogP contribution in [0.25, 0.3) is 21.3 Å². The topological polar surface area (TPSA) is 139 Å². The second-order valence-corrected chi connectivity index (χ2v) is 11.5. The molecule has 6 rings (SSSR count). The minimum absolute atomic E-state index is 0.0737. The van der Waals surface area contributed by atoms with Crippen molar-refractivity contribution in [3.8, 4) is 11.3 Å². The van der Waals surface area contributed by atoms with Gasteiger partial charge in [0.05, 0.1) is 31.0 Å². The lowest BCUT2D eigenvalue weighted by atomic mass is 9.86. The van der Waals surface area contributed by atoms with Gasteiger partial charge in [-0.1, -0.05) is 27.2 Å². The van der Waals surface area contributed by atoms with E-state index in [2.05, 4.69) is 31.6 Å². The van der Waals surface area contributed by atoms with Crippen molar-refractivity contribution in [1.29, 1.82) is 0 Å². The molecule has 6 atom stereocenters. The molecule has 10 nitrogen and oxygen atoms in total. The van der Waals surface area contributed by atoms with E-state index in [4.69, 9.17) is 9.47 Å². The zero-order valence-electron chi connectivity index (χ0n) is 20.9. The van der Waals surface area contributed by atoms with Gasteiger partial charge >= 0.3 is 0 Å². The Hall–Kier alpha value is -2.92. The van der Waals surface area contributed by atoms with Crippen molar-refractivity contribution in [3.05, 3.63) is 69.4 Å². The Morgan fingerprint density at radius 2 is 2.00 bits per heavy atom. The Balaban J connectivity index is 1.32. The predicted molar refractivity (Wildman–Crippen MR) is 142 cm³/mol. The van der Waals surface area contributed by atoms with Crippen LogP contribution in [0.3, 0.4) is 0 Å². The molecule has 2 aromatic heterocycles. The molecule has 2 saturated heterocycles. The van der Waals surface area contributed by atoms with Crippen molar-refractivity contribution in [2.75, 3.05) is 13.2 Å². The maximum Gasteiger partial charge on any atom is 0.253 e. The molecule has 2 aliphatic rings. The van der Waals surface area contributed by atoms with Gasteiger partial charge in [0.15, 0.2) is 17.5 Å². The van der Waals surface area contributed by atoms with Gasteiger partial charge in [-0.05, 0) is 30.7 Å². The van der Waals surface area contributed by atoms with Crippen LogP contribution in [0.4, 0.5) is 13.2 Å². The van der Waals surface area contributed by atoms with Crippen LogP contribution in [0, 0.1) is 17.5 Å². The van der Waals surface area contributed by atoms with Crippen LogP contribution in [0.1, 0.15) is 22.8 Å². The average molecular weight is 655 g/mol. The summed E-state index contributed by atoms with van der Waals surface area (Å²) in [5.41, 5.74) is 0.198. The number of amides is 1. The summed E-state index contributed by atoms with van der Waals surface area (Å²) in [7, 11) is 0. The van der Waals surface area contributed by atoms with E-state index in [0.29, 0.717) is 5.56 Å². The third kappa shape index (κ3) is 4.65. The number of thiophene rings is 1. The standard InChI is InChI=1S/C26H22BrF3N4O6S/c27-13-2-1-3-18-20(13)12(10-41-18)25(38)31-19-4-5-39-26(19)24(37)22(23(36)17(9-35)40-26)34-8-16(32-33-34)11-6-14(28)21(30)15(29)7-11/h1-3,6-8,10,17,19,22-24,35-37H,4-5,9H2,(H,31,38)/t17-,19-,22+,23+,24-,26+/m1/s1. The van der Waals surface area contributed by atoms with Crippen LogP contribution in [-0.4, -0.2) is 79.6 Å². The fraction of sp³-hybridized carbons (Fsp3) is 0.346. The van der Waals surface area contributed by atoms with E-state index >= 15 is 0 Å². The van der Waals surface area contributed by atoms with E-state index in [0.717, 1.165) is 31.4 Å². The molecular weight excluding hydrogens is 633 g/mol. The van der Waals surface area contributed by atoms with Crippen molar-refractivity contribution in [2.24, 2.45) is 0 Å². The Morgan fingerprint density at radius 1 is 1.24 bits per heavy atom. The summed E-state index contributed by atoms with van der Waals surface area (Å²) in [6, 6.07) is 4.80. The van der Waals surface area contributed by atoms with Crippen molar-refractivity contribution in [2.45, 2.75) is 42.6 Å². The molecule has 4 heterocycles. The summed E-state index contributed by atoms with van der Waals surface area (Å²) >= 11 is 4.87. The maximum atomic E-state index is 13.8. The van der Waals surface area contributed by atoms with Gasteiger partial charge in [0, 0.05) is 25.5 Å². The number of aliphatic hydroxyl groups excluding tert-OH is 3. The third-order valence-corrected chi connectivity index (χ3v) is 9.00. The van der Waals surface area contributed by atoms with Gasteiger partial charge in [0.2, 0.25) is 5.79 Å². The van der Waals surface area contributed by atoms with Crippen LogP contribution >= 0.6 is 27.3 Å². The molecule has 1 amide bonds. The Bertz CT molecular complexity index is 1610. The van der Waals surface area contributed by atoms with Gasteiger partial charge in [-0.3, -0.25) is 4.79 Å². The number of hydrogen-bond acceptors (Lipinski definition) is 9. The highest BCUT2D eigenvalue weighted by molar-refractivity contribution is 9.10. The molecule has 0 aliphatic carbocycles. The van der Waals surface area contributed by atoms with Crippen molar-refractivity contribution < 1.29 is 42.8 Å². The van der Waals surface area contributed by atoms with Gasteiger partial charge in [-0.25, -0.2) is 17.9 Å². The highest BCUT2D eigenvalue weighted by atomic mass is 79.9. The monoisotopic (exact) mass is 654 g/mol. The Kier molecular flexibility index (Phi) is 7.38. The Morgan fingerprint density at radius 3 is 2.73 bits per heavy atom. The Labute approximate surface area is 242 Å². The number of hydrogen-bond donors (Lipinski definition) is 4.